The lowest BCUT2D eigenvalue weighted by Crippen LogP contribution is -2.08. The van der Waals surface area contributed by atoms with Gasteiger partial charge < -0.3 is 5.32 Å². The molecule has 0 saturated heterocycles. The van der Waals surface area contributed by atoms with Gasteiger partial charge in [0.05, 0.1) is 5.69 Å². The molecule has 0 atom stereocenters. The molecule has 0 bridgehead atoms. The molecule has 30 heavy (non-hydrogen) atoms. The Labute approximate surface area is 186 Å². The molecule has 0 aliphatic heterocycles. The number of aryl methyl sites for hydroxylation is 2. The van der Waals surface area contributed by atoms with Crippen LogP contribution in [0, 0.1) is 13.8 Å². The Hall–Kier alpha value is -2.07. The molecule has 0 aliphatic carbocycles. The fourth-order valence-electron chi connectivity index (χ4n) is 3.98. The third-order valence-electron chi connectivity index (χ3n) is 5.61. The van der Waals surface area contributed by atoms with Gasteiger partial charge in [0.1, 0.15) is 5.82 Å². The quantitative estimate of drug-likeness (QED) is 0.303. The highest BCUT2D eigenvalue weighted by molar-refractivity contribution is 6.30. The van der Waals surface area contributed by atoms with E-state index in [2.05, 4.69) is 18.3 Å². The summed E-state index contributed by atoms with van der Waals surface area (Å²) in [5.41, 5.74) is 5.02. The van der Waals surface area contributed by atoms with E-state index < -0.39 is 0 Å². The number of anilines is 1. The number of unbranched alkanes of at least 4 members (excludes halogenated alkanes) is 8. The zero-order valence-corrected chi connectivity index (χ0v) is 19.4. The molecular formula is C25H35ClN4. The minimum Gasteiger partial charge on any atom is -0.370 e. The Balaban J connectivity index is 1.59. The number of nitrogens with one attached hydrogen (secondary N) is 1. The summed E-state index contributed by atoms with van der Waals surface area (Å²) in [4.78, 5) is 4.78. The van der Waals surface area contributed by atoms with Crippen LogP contribution in [0.4, 0.5) is 5.82 Å². The molecule has 0 aliphatic rings. The molecular weight excluding hydrogens is 392 g/mol. The van der Waals surface area contributed by atoms with Crippen LogP contribution >= 0.6 is 11.6 Å². The molecule has 1 N–H and O–H groups in total. The van der Waals surface area contributed by atoms with Gasteiger partial charge in [-0.2, -0.15) is 9.61 Å². The molecule has 162 valence electrons. The zero-order chi connectivity index (χ0) is 21.3. The summed E-state index contributed by atoms with van der Waals surface area (Å²) < 4.78 is 1.94. The summed E-state index contributed by atoms with van der Waals surface area (Å²) in [6, 6.07) is 9.98. The number of fused-ring (bicyclic) bond motifs is 1. The molecule has 0 amide bonds. The van der Waals surface area contributed by atoms with E-state index in [9.17, 15) is 0 Å². The van der Waals surface area contributed by atoms with Crippen molar-refractivity contribution in [3.05, 3.63) is 46.7 Å². The van der Waals surface area contributed by atoms with Gasteiger partial charge in [-0.15, -0.1) is 0 Å². The Morgan fingerprint density at radius 2 is 1.53 bits per heavy atom. The van der Waals surface area contributed by atoms with Crippen LogP contribution in [0.2, 0.25) is 5.02 Å². The number of nitrogens with zero attached hydrogens (tertiary/aromatic N) is 3. The first-order valence-electron chi connectivity index (χ1n) is 11.5. The van der Waals surface area contributed by atoms with E-state index >= 15 is 0 Å². The second-order valence-corrected chi connectivity index (χ2v) is 8.68. The van der Waals surface area contributed by atoms with Gasteiger partial charge in [0, 0.05) is 28.9 Å². The average molecular weight is 427 g/mol. The minimum absolute atomic E-state index is 0.736. The lowest BCUT2D eigenvalue weighted by atomic mass is 10.1. The largest absolute Gasteiger partial charge is 0.370 e. The molecule has 2 aromatic heterocycles. The molecule has 3 aromatic rings. The number of hydrogen-bond donors (Lipinski definition) is 1. The monoisotopic (exact) mass is 426 g/mol. The van der Waals surface area contributed by atoms with Gasteiger partial charge in [-0.1, -0.05) is 82.0 Å². The summed E-state index contributed by atoms with van der Waals surface area (Å²) in [6.45, 7) is 7.31. The smallest absolute Gasteiger partial charge is 0.165 e. The summed E-state index contributed by atoms with van der Waals surface area (Å²) in [5.74, 6) is 1.01. The predicted octanol–water partition coefficient (Wildman–Crippen LogP) is 7.61. The SMILES string of the molecule is CCCCCCCCCCCNc1cc(C)nc2c(-c3ccc(Cl)cc3)c(C)nn12. The van der Waals surface area contributed by atoms with Crippen LogP contribution < -0.4 is 5.32 Å². The fraction of sp³-hybridized carbons (Fsp3) is 0.520. The second kappa shape index (κ2) is 11.4. The fourth-order valence-corrected chi connectivity index (χ4v) is 4.10. The number of hydrogen-bond acceptors (Lipinski definition) is 3. The van der Waals surface area contributed by atoms with Crippen LogP contribution in [-0.2, 0) is 0 Å². The predicted molar refractivity (Wildman–Crippen MR) is 129 cm³/mol. The minimum atomic E-state index is 0.736. The Morgan fingerprint density at radius 1 is 0.900 bits per heavy atom. The topological polar surface area (TPSA) is 42.2 Å². The molecule has 2 heterocycles. The molecule has 0 spiro atoms. The van der Waals surface area contributed by atoms with E-state index in [1.165, 1.54) is 57.8 Å². The zero-order valence-electron chi connectivity index (χ0n) is 18.7. The highest BCUT2D eigenvalue weighted by Gasteiger charge is 2.15. The maximum absolute atomic E-state index is 6.07. The van der Waals surface area contributed by atoms with E-state index in [1.54, 1.807) is 0 Å². The first-order chi connectivity index (χ1) is 14.6. The van der Waals surface area contributed by atoms with Crippen molar-refractivity contribution in [2.75, 3.05) is 11.9 Å². The summed E-state index contributed by atoms with van der Waals surface area (Å²) in [6.07, 6.45) is 12.1. The van der Waals surface area contributed by atoms with Gasteiger partial charge in [-0.25, -0.2) is 4.98 Å². The number of halogens is 1. The molecule has 0 saturated carbocycles. The number of rotatable bonds is 12. The van der Waals surface area contributed by atoms with Crippen molar-refractivity contribution >= 4 is 23.1 Å². The van der Waals surface area contributed by atoms with Crippen molar-refractivity contribution in [3.63, 3.8) is 0 Å². The van der Waals surface area contributed by atoms with Gasteiger partial charge in [-0.3, -0.25) is 0 Å². The van der Waals surface area contributed by atoms with Crippen molar-refractivity contribution in [3.8, 4) is 11.1 Å². The van der Waals surface area contributed by atoms with Crippen molar-refractivity contribution in [2.24, 2.45) is 0 Å². The van der Waals surface area contributed by atoms with Crippen LogP contribution in [0.25, 0.3) is 16.8 Å². The van der Waals surface area contributed by atoms with Crippen molar-refractivity contribution in [1.29, 1.82) is 0 Å². The second-order valence-electron chi connectivity index (χ2n) is 8.24. The first-order valence-corrected chi connectivity index (χ1v) is 11.8. The molecule has 0 unspecified atom stereocenters. The van der Waals surface area contributed by atoms with Crippen LogP contribution in [0.15, 0.2) is 30.3 Å². The maximum Gasteiger partial charge on any atom is 0.165 e. The van der Waals surface area contributed by atoms with Crippen molar-refractivity contribution in [2.45, 2.75) is 78.6 Å². The molecule has 4 nitrogen and oxygen atoms in total. The average Bonchev–Trinajstić information content (AvgIpc) is 3.06. The van der Waals surface area contributed by atoms with Crippen LogP contribution in [0.1, 0.15) is 76.1 Å². The number of benzene rings is 1. The van der Waals surface area contributed by atoms with E-state index in [1.807, 2.05) is 42.6 Å². The summed E-state index contributed by atoms with van der Waals surface area (Å²) in [7, 11) is 0. The first kappa shape index (κ1) is 22.6. The van der Waals surface area contributed by atoms with Crippen LogP contribution in [0.5, 0.6) is 0 Å². The highest BCUT2D eigenvalue weighted by atomic mass is 35.5. The van der Waals surface area contributed by atoms with E-state index in [4.69, 9.17) is 21.7 Å². The maximum atomic E-state index is 6.07. The Kier molecular flexibility index (Phi) is 8.56. The lowest BCUT2D eigenvalue weighted by Gasteiger charge is -2.10. The summed E-state index contributed by atoms with van der Waals surface area (Å²) in [5, 5.41) is 9.10. The van der Waals surface area contributed by atoms with E-state index in [0.717, 1.165) is 45.5 Å². The van der Waals surface area contributed by atoms with E-state index in [0.29, 0.717) is 0 Å². The van der Waals surface area contributed by atoms with E-state index in [-0.39, 0.29) is 0 Å². The third kappa shape index (κ3) is 5.98. The molecule has 3 rings (SSSR count). The molecule has 0 radical (unpaired) electrons. The van der Waals surface area contributed by atoms with Gasteiger partial charge in [0.15, 0.2) is 5.65 Å². The number of aromatic nitrogens is 3. The van der Waals surface area contributed by atoms with Crippen molar-refractivity contribution in [1.82, 2.24) is 14.6 Å². The molecule has 5 heteroatoms. The van der Waals surface area contributed by atoms with Gasteiger partial charge in [0.25, 0.3) is 0 Å². The lowest BCUT2D eigenvalue weighted by molar-refractivity contribution is 0.569. The summed E-state index contributed by atoms with van der Waals surface area (Å²) >= 11 is 6.07. The van der Waals surface area contributed by atoms with Crippen LogP contribution in [0.3, 0.4) is 0 Å². The van der Waals surface area contributed by atoms with Gasteiger partial charge >= 0.3 is 0 Å². The highest BCUT2D eigenvalue weighted by Crippen LogP contribution is 2.30. The molecule has 0 fully saturated rings. The normalized spacial score (nSPS) is 11.3. The third-order valence-corrected chi connectivity index (χ3v) is 5.86. The van der Waals surface area contributed by atoms with Gasteiger partial charge in [0.2, 0.25) is 0 Å². The van der Waals surface area contributed by atoms with Crippen molar-refractivity contribution < 1.29 is 0 Å². The Bertz CT molecular complexity index is 930. The Morgan fingerprint density at radius 3 is 2.20 bits per heavy atom. The van der Waals surface area contributed by atoms with Gasteiger partial charge in [-0.05, 0) is 38.0 Å². The molecule has 1 aromatic carbocycles. The standard InChI is InChI=1S/C25H35ClN4/c1-4-5-6-7-8-9-10-11-12-17-27-23-18-19(2)28-25-24(20(3)29-30(23)25)21-13-15-22(26)16-14-21/h13-16,18,27H,4-12,17H2,1-3H3. The van der Waals surface area contributed by atoms with Crippen LogP contribution in [-0.4, -0.2) is 21.1 Å².